The van der Waals surface area contributed by atoms with Crippen LogP contribution in [-0.2, 0) is 4.79 Å². The summed E-state index contributed by atoms with van der Waals surface area (Å²) >= 11 is 0. The van der Waals surface area contributed by atoms with Gasteiger partial charge in [-0.3, -0.25) is 9.59 Å². The zero-order valence-corrected chi connectivity index (χ0v) is 7.40. The van der Waals surface area contributed by atoms with Crippen molar-refractivity contribution in [2.75, 3.05) is 0 Å². The minimum Gasteiger partial charge on any atom is -0.470 e. The highest BCUT2D eigenvalue weighted by Crippen LogP contribution is 2.16. The number of hydrogen-bond acceptors (Lipinski definition) is 3. The average Bonchev–Trinajstić information content (AvgIpc) is 2.16. The summed E-state index contributed by atoms with van der Waals surface area (Å²) in [7, 11) is 0. The molecule has 1 aliphatic heterocycles. The number of rotatable bonds is 3. The average molecular weight is 191 g/mol. The number of carbonyl (C=O) groups excluding carboxylic acids is 2. The minimum absolute atomic E-state index is 0.0125. The van der Waals surface area contributed by atoms with E-state index in [9.17, 15) is 9.59 Å². The van der Waals surface area contributed by atoms with Crippen molar-refractivity contribution in [2.45, 2.75) is 12.6 Å². The summed E-state index contributed by atoms with van der Waals surface area (Å²) in [5.74, 6) is 0.584. The van der Waals surface area contributed by atoms with E-state index in [1.165, 1.54) is 0 Å². The Hall–Kier alpha value is -1.84. The van der Waals surface area contributed by atoms with Gasteiger partial charge in [-0.25, -0.2) is 0 Å². The highest BCUT2D eigenvalue weighted by atomic mass is 16.5. The van der Waals surface area contributed by atoms with Crippen LogP contribution in [-0.4, -0.2) is 18.4 Å². The summed E-state index contributed by atoms with van der Waals surface area (Å²) in [5, 5.41) is 2.58. The van der Waals surface area contributed by atoms with E-state index >= 15 is 0 Å². The van der Waals surface area contributed by atoms with Crippen LogP contribution in [0.25, 0.3) is 0 Å². The van der Waals surface area contributed by atoms with Crippen molar-refractivity contribution >= 4 is 12.2 Å². The number of nitrogens with one attached hydrogen (secondary N) is 1. The quantitative estimate of drug-likeness (QED) is 0.565. The van der Waals surface area contributed by atoms with Gasteiger partial charge >= 0.3 is 0 Å². The highest BCUT2D eigenvalue weighted by Gasteiger charge is 2.26. The predicted molar refractivity (Wildman–Crippen MR) is 49.0 cm³/mol. The number of benzene rings is 1. The lowest BCUT2D eigenvalue weighted by atomic mass is 10.2. The summed E-state index contributed by atoms with van der Waals surface area (Å²) in [6, 6.07) is 6.81. The molecule has 4 nitrogen and oxygen atoms in total. The first-order valence-corrected chi connectivity index (χ1v) is 4.29. The molecule has 1 aromatic rings. The van der Waals surface area contributed by atoms with Crippen LogP contribution in [0.2, 0.25) is 0 Å². The zero-order chi connectivity index (χ0) is 9.97. The maximum atomic E-state index is 10.6. The van der Waals surface area contributed by atoms with Gasteiger partial charge in [0.1, 0.15) is 12.0 Å². The summed E-state index contributed by atoms with van der Waals surface area (Å²) in [4.78, 5) is 21.0. The van der Waals surface area contributed by atoms with Gasteiger partial charge in [0.05, 0.1) is 6.42 Å². The van der Waals surface area contributed by atoms with Crippen molar-refractivity contribution in [2.24, 2.45) is 0 Å². The lowest BCUT2D eigenvalue weighted by Crippen LogP contribution is -2.51. The maximum Gasteiger partial charge on any atom is 0.228 e. The molecule has 1 saturated heterocycles. The van der Waals surface area contributed by atoms with Crippen LogP contribution in [0.1, 0.15) is 16.8 Å². The molecule has 0 aliphatic carbocycles. The Morgan fingerprint density at radius 2 is 2.29 bits per heavy atom. The number of aldehydes is 1. The molecular weight excluding hydrogens is 182 g/mol. The van der Waals surface area contributed by atoms with Gasteiger partial charge in [0.15, 0.2) is 6.23 Å². The van der Waals surface area contributed by atoms with Gasteiger partial charge in [-0.1, -0.05) is 12.1 Å². The van der Waals surface area contributed by atoms with E-state index in [0.717, 1.165) is 6.29 Å². The van der Waals surface area contributed by atoms with Crippen LogP contribution in [0.4, 0.5) is 0 Å². The van der Waals surface area contributed by atoms with E-state index in [2.05, 4.69) is 5.32 Å². The summed E-state index contributed by atoms with van der Waals surface area (Å²) < 4.78 is 5.37. The van der Waals surface area contributed by atoms with Gasteiger partial charge in [-0.2, -0.15) is 0 Å². The second-order valence-corrected chi connectivity index (χ2v) is 3.07. The van der Waals surface area contributed by atoms with E-state index < -0.39 is 0 Å². The molecule has 0 bridgehead atoms. The lowest BCUT2D eigenvalue weighted by molar-refractivity contribution is -0.134. The van der Waals surface area contributed by atoms with E-state index in [4.69, 9.17) is 4.74 Å². The zero-order valence-electron chi connectivity index (χ0n) is 7.40. The Labute approximate surface area is 80.9 Å². The Balaban J connectivity index is 2.02. The van der Waals surface area contributed by atoms with Crippen LogP contribution in [0.3, 0.4) is 0 Å². The topological polar surface area (TPSA) is 55.4 Å². The molecule has 0 saturated carbocycles. The normalized spacial score (nSPS) is 19.4. The molecule has 1 unspecified atom stereocenters. The molecule has 0 radical (unpaired) electrons. The molecule has 1 aliphatic rings. The summed E-state index contributed by atoms with van der Waals surface area (Å²) in [6.45, 7) is 0. The van der Waals surface area contributed by atoms with Crippen molar-refractivity contribution in [3.8, 4) is 5.75 Å². The molecule has 2 rings (SSSR count). The van der Waals surface area contributed by atoms with Crippen molar-refractivity contribution in [1.82, 2.24) is 5.32 Å². The smallest absolute Gasteiger partial charge is 0.228 e. The third-order valence-corrected chi connectivity index (χ3v) is 1.97. The number of ether oxygens (including phenoxy) is 1. The van der Waals surface area contributed by atoms with E-state index in [1.54, 1.807) is 24.3 Å². The highest BCUT2D eigenvalue weighted by molar-refractivity contribution is 5.82. The Bertz CT molecular complexity index is 367. The fraction of sp³-hybridized carbons (Fsp3) is 0.200. The van der Waals surface area contributed by atoms with Crippen LogP contribution in [0.15, 0.2) is 24.3 Å². The predicted octanol–water partition coefficient (Wildman–Crippen LogP) is 0.724. The van der Waals surface area contributed by atoms with Crippen molar-refractivity contribution < 1.29 is 14.3 Å². The summed E-state index contributed by atoms with van der Waals surface area (Å²) in [6.07, 6.45) is 0.891. The first-order chi connectivity index (χ1) is 6.78. The van der Waals surface area contributed by atoms with Gasteiger partial charge in [0.2, 0.25) is 5.91 Å². The van der Waals surface area contributed by atoms with E-state index in [1.807, 2.05) is 0 Å². The molecule has 14 heavy (non-hydrogen) atoms. The second kappa shape index (κ2) is 3.49. The molecule has 0 spiro atoms. The molecule has 1 N–H and O–H groups in total. The maximum absolute atomic E-state index is 10.6. The van der Waals surface area contributed by atoms with Crippen molar-refractivity contribution in [3.05, 3.63) is 29.8 Å². The van der Waals surface area contributed by atoms with E-state index in [0.29, 0.717) is 17.7 Å². The largest absolute Gasteiger partial charge is 0.470 e. The van der Waals surface area contributed by atoms with Gasteiger partial charge in [0.25, 0.3) is 0 Å². The molecule has 0 aromatic heterocycles. The van der Waals surface area contributed by atoms with Gasteiger partial charge in [-0.15, -0.1) is 0 Å². The van der Waals surface area contributed by atoms with Crippen molar-refractivity contribution in [1.29, 1.82) is 0 Å². The van der Waals surface area contributed by atoms with Gasteiger partial charge in [0, 0.05) is 5.56 Å². The number of hydrogen-bond donors (Lipinski definition) is 1. The van der Waals surface area contributed by atoms with Gasteiger partial charge < -0.3 is 10.1 Å². The van der Waals surface area contributed by atoms with Crippen LogP contribution in [0.5, 0.6) is 5.75 Å². The molecular formula is C10H9NO3. The van der Waals surface area contributed by atoms with Crippen molar-refractivity contribution in [3.63, 3.8) is 0 Å². The molecule has 1 fully saturated rings. The van der Waals surface area contributed by atoms with Gasteiger partial charge in [-0.05, 0) is 12.1 Å². The molecule has 1 aromatic carbocycles. The van der Waals surface area contributed by atoms with Crippen LogP contribution >= 0.6 is 0 Å². The number of β-lactam (4-membered cyclic amide) rings is 1. The fourth-order valence-corrected chi connectivity index (χ4v) is 1.22. The third kappa shape index (κ3) is 1.74. The Kier molecular flexibility index (Phi) is 2.18. The molecule has 1 atom stereocenters. The Morgan fingerprint density at radius 3 is 2.93 bits per heavy atom. The molecule has 4 heteroatoms. The fourth-order valence-electron chi connectivity index (χ4n) is 1.22. The molecule has 1 heterocycles. The lowest BCUT2D eigenvalue weighted by Gasteiger charge is -2.27. The number of carbonyl (C=O) groups is 2. The SMILES string of the molecule is O=Cc1cccc(OC2CC(=O)N2)c1. The van der Waals surface area contributed by atoms with Crippen LogP contribution in [0, 0.1) is 0 Å². The summed E-state index contributed by atoms with van der Waals surface area (Å²) in [5.41, 5.74) is 0.563. The molecule has 1 amide bonds. The monoisotopic (exact) mass is 191 g/mol. The standard InChI is InChI=1S/C10H9NO3/c12-6-7-2-1-3-8(4-7)14-10-5-9(13)11-10/h1-4,6,10H,5H2,(H,11,13). The Morgan fingerprint density at radius 1 is 1.50 bits per heavy atom. The minimum atomic E-state index is -0.246. The van der Waals surface area contributed by atoms with E-state index in [-0.39, 0.29) is 12.1 Å². The first kappa shape index (κ1) is 8.74. The third-order valence-electron chi connectivity index (χ3n) is 1.97. The second-order valence-electron chi connectivity index (χ2n) is 3.07. The van der Waals surface area contributed by atoms with Crippen LogP contribution < -0.4 is 10.1 Å². The molecule has 72 valence electrons. The number of amides is 1. The first-order valence-electron chi connectivity index (χ1n) is 4.29.